The van der Waals surface area contributed by atoms with Crippen LogP contribution >= 0.6 is 0 Å². The summed E-state index contributed by atoms with van der Waals surface area (Å²) in [4.78, 5) is 66.8. The van der Waals surface area contributed by atoms with E-state index in [0.29, 0.717) is 18.2 Å². The molecule has 3 aromatic heterocycles. The number of likely N-dealkylation sites (N-methyl/N-ethyl adjacent to an activating group) is 1. The molecule has 0 bridgehead atoms. The van der Waals surface area contributed by atoms with E-state index in [0.717, 1.165) is 91.9 Å². The third kappa shape index (κ3) is 7.33. The van der Waals surface area contributed by atoms with Gasteiger partial charge in [-0.25, -0.2) is 24.7 Å². The van der Waals surface area contributed by atoms with E-state index in [9.17, 15) is 14.4 Å². The molecule has 5 heterocycles. The highest BCUT2D eigenvalue weighted by molar-refractivity contribution is 5.86. The van der Waals surface area contributed by atoms with Gasteiger partial charge in [0.05, 0.1) is 35.9 Å². The van der Waals surface area contributed by atoms with Crippen LogP contribution in [0, 0.1) is 0 Å². The van der Waals surface area contributed by atoms with E-state index in [-0.39, 0.29) is 29.9 Å². The summed E-state index contributed by atoms with van der Waals surface area (Å²) in [6, 6.07) is 6.55. The Morgan fingerprint density at radius 2 is 1.40 bits per heavy atom. The average molecular weight is 707 g/mol. The van der Waals surface area contributed by atoms with Crippen molar-refractivity contribution in [1.29, 1.82) is 0 Å². The Balaban J connectivity index is 1.00. The quantitative estimate of drug-likeness (QED) is 0.128. The van der Waals surface area contributed by atoms with Crippen LogP contribution in [0.25, 0.3) is 33.9 Å². The van der Waals surface area contributed by atoms with E-state index in [1.54, 1.807) is 30.4 Å². The van der Waals surface area contributed by atoms with Gasteiger partial charge < -0.3 is 35.5 Å². The highest BCUT2D eigenvalue weighted by atomic mass is 16.4. The van der Waals surface area contributed by atoms with Crippen LogP contribution in [0.1, 0.15) is 88.9 Å². The normalized spacial score (nSPS) is 20.1. The number of nitrogens with one attached hydrogen (secondary N) is 4. The number of carbonyl (C=O) groups is 3. The summed E-state index contributed by atoms with van der Waals surface area (Å²) in [5, 5.41) is 14.7. The van der Waals surface area contributed by atoms with Gasteiger partial charge in [0.15, 0.2) is 5.82 Å². The van der Waals surface area contributed by atoms with Crippen LogP contribution in [0.4, 0.5) is 4.79 Å². The first kappa shape index (κ1) is 35.1. The first-order valence-corrected chi connectivity index (χ1v) is 18.4. The lowest BCUT2D eigenvalue weighted by Crippen LogP contribution is -2.47. The topological polar surface area (TPSA) is 185 Å². The largest absolute Gasteiger partial charge is 0.465 e. The molecule has 0 saturated carbocycles. The monoisotopic (exact) mass is 706 g/mol. The minimum atomic E-state index is -1.23. The Hall–Kier alpha value is -5.37. The molecule has 5 N–H and O–H groups in total. The van der Waals surface area contributed by atoms with Gasteiger partial charge in [0.1, 0.15) is 23.7 Å². The third-order valence-corrected chi connectivity index (χ3v) is 10.4. The molecule has 7 rings (SSSR count). The zero-order chi connectivity index (χ0) is 36.2. The van der Waals surface area contributed by atoms with Crippen molar-refractivity contribution in [2.45, 2.75) is 89.4 Å². The fourth-order valence-electron chi connectivity index (χ4n) is 7.72. The smallest absolute Gasteiger partial charge is 0.405 e. The van der Waals surface area contributed by atoms with Gasteiger partial charge in [0.2, 0.25) is 11.8 Å². The van der Waals surface area contributed by atoms with Crippen molar-refractivity contribution in [2.24, 2.45) is 0 Å². The predicted octanol–water partition coefficient (Wildman–Crippen LogP) is 5.39. The third-order valence-electron chi connectivity index (χ3n) is 10.4. The Morgan fingerprint density at radius 3 is 1.98 bits per heavy atom. The van der Waals surface area contributed by atoms with Gasteiger partial charge in [-0.2, -0.15) is 0 Å². The zero-order valence-electron chi connectivity index (χ0n) is 29.6. The van der Waals surface area contributed by atoms with Crippen LogP contribution in [0.5, 0.6) is 0 Å². The summed E-state index contributed by atoms with van der Waals surface area (Å²) >= 11 is 0. The first-order valence-electron chi connectivity index (χ1n) is 18.4. The zero-order valence-corrected chi connectivity index (χ0v) is 29.6. The van der Waals surface area contributed by atoms with Crippen LogP contribution in [0.15, 0.2) is 60.7 Å². The summed E-state index contributed by atoms with van der Waals surface area (Å²) in [6.45, 7) is 5.62. The molecule has 14 heteroatoms. The van der Waals surface area contributed by atoms with Crippen LogP contribution in [0.3, 0.4) is 0 Å². The Labute approximate surface area is 302 Å². The average Bonchev–Trinajstić information content (AvgIpc) is 4.00. The van der Waals surface area contributed by atoms with Crippen molar-refractivity contribution in [3.63, 3.8) is 0 Å². The van der Waals surface area contributed by atoms with Crippen LogP contribution < -0.4 is 10.6 Å². The molecule has 0 spiro atoms. The number of likely N-dealkylation sites (tertiary alicyclic amines) is 2. The molecule has 4 atom stereocenters. The molecule has 3 amide bonds. The number of rotatable bonds is 11. The number of H-pyrrole nitrogens is 2. The number of amides is 3. The van der Waals surface area contributed by atoms with Crippen molar-refractivity contribution in [1.82, 2.24) is 50.3 Å². The van der Waals surface area contributed by atoms with Gasteiger partial charge in [-0.15, -0.1) is 0 Å². The number of allylic oxidation sites excluding steroid dienone is 1. The Morgan fingerprint density at radius 1 is 0.808 bits per heavy atom. The van der Waals surface area contributed by atoms with E-state index < -0.39 is 12.1 Å². The maximum Gasteiger partial charge on any atom is 0.405 e. The number of imidazole rings is 2. The Kier molecular flexibility index (Phi) is 10.4. The maximum atomic E-state index is 13.8. The summed E-state index contributed by atoms with van der Waals surface area (Å²) in [5.41, 5.74) is 5.44. The van der Waals surface area contributed by atoms with Crippen molar-refractivity contribution in [3.05, 3.63) is 72.4 Å². The fourth-order valence-corrected chi connectivity index (χ4v) is 7.72. The van der Waals surface area contributed by atoms with E-state index in [1.165, 1.54) is 12.0 Å². The summed E-state index contributed by atoms with van der Waals surface area (Å²) < 4.78 is 0. The fraction of sp³-hybridized carbons (Fsp3) is 0.447. The second-order valence-corrected chi connectivity index (χ2v) is 13.8. The molecule has 3 aliphatic rings. The second-order valence-electron chi connectivity index (χ2n) is 13.8. The molecular weight excluding hydrogens is 660 g/mol. The molecular formula is C38H46N10O4. The lowest BCUT2D eigenvalue weighted by molar-refractivity contribution is -0.134. The van der Waals surface area contributed by atoms with E-state index in [4.69, 9.17) is 10.1 Å². The first-order chi connectivity index (χ1) is 25.3. The molecule has 1 aromatic carbocycles. The lowest BCUT2D eigenvalue weighted by atomic mass is 9.93. The number of carboxylic acid groups (broad SMARTS) is 1. The molecule has 4 aromatic rings. The molecule has 0 radical (unpaired) electrons. The maximum absolute atomic E-state index is 13.8. The van der Waals surface area contributed by atoms with E-state index in [1.807, 2.05) is 35.4 Å². The number of aromatic amines is 2. The number of hydrogen-bond acceptors (Lipinski definition) is 8. The highest BCUT2D eigenvalue weighted by Gasteiger charge is 2.37. The van der Waals surface area contributed by atoms with E-state index >= 15 is 0 Å². The highest BCUT2D eigenvalue weighted by Crippen LogP contribution is 2.35. The molecule has 52 heavy (non-hydrogen) atoms. The number of nitrogens with zero attached hydrogens (tertiary/aromatic N) is 6. The summed E-state index contributed by atoms with van der Waals surface area (Å²) in [6.07, 6.45) is 15.8. The number of benzene rings is 1. The molecule has 14 nitrogen and oxygen atoms in total. The SMILES string of the molecule is CCN[C@@H](C(=O)N1CCC[C@H]1c1ncc(-c2ccc(-c3ncc(-c4cnc([C@@H]5CCCN5C(=O)[C@H](C)NC(=O)O)[nH]4)cn3)cc2)[nH]1)C1=CCCCC1. The molecule has 2 saturated heterocycles. The van der Waals surface area contributed by atoms with Crippen molar-refractivity contribution in [3.8, 4) is 33.9 Å². The molecule has 1 aliphatic carbocycles. The van der Waals surface area contributed by atoms with Gasteiger partial charge in [-0.1, -0.05) is 37.3 Å². The van der Waals surface area contributed by atoms with Gasteiger partial charge in [-0.3, -0.25) is 9.59 Å². The lowest BCUT2D eigenvalue weighted by Gasteiger charge is -2.30. The van der Waals surface area contributed by atoms with E-state index in [2.05, 4.69) is 48.6 Å². The van der Waals surface area contributed by atoms with Crippen LogP contribution in [-0.4, -0.2) is 94.4 Å². The number of carbonyl (C=O) groups excluding carboxylic acids is 2. The number of hydrogen-bond donors (Lipinski definition) is 5. The Bertz CT molecular complexity index is 1920. The van der Waals surface area contributed by atoms with Crippen molar-refractivity contribution in [2.75, 3.05) is 19.6 Å². The molecule has 2 aliphatic heterocycles. The minimum Gasteiger partial charge on any atom is -0.465 e. The van der Waals surface area contributed by atoms with Gasteiger partial charge in [0, 0.05) is 36.6 Å². The molecule has 272 valence electrons. The van der Waals surface area contributed by atoms with Crippen molar-refractivity contribution < 1.29 is 19.5 Å². The number of aromatic nitrogens is 6. The van der Waals surface area contributed by atoms with Crippen LogP contribution in [0.2, 0.25) is 0 Å². The van der Waals surface area contributed by atoms with Gasteiger partial charge in [-0.05, 0) is 76.0 Å². The summed E-state index contributed by atoms with van der Waals surface area (Å²) in [7, 11) is 0. The van der Waals surface area contributed by atoms with Gasteiger partial charge >= 0.3 is 6.09 Å². The van der Waals surface area contributed by atoms with Crippen LogP contribution in [-0.2, 0) is 9.59 Å². The molecule has 2 fully saturated rings. The van der Waals surface area contributed by atoms with Crippen molar-refractivity contribution >= 4 is 17.9 Å². The second kappa shape index (κ2) is 15.5. The molecule has 0 unspecified atom stereocenters. The predicted molar refractivity (Wildman–Crippen MR) is 195 cm³/mol. The van der Waals surface area contributed by atoms with Gasteiger partial charge in [0.25, 0.3) is 0 Å². The standard InChI is InChI=1S/C38H46N10O4/c1-3-39-32(25-9-5-4-6-10-25)37(50)48-18-8-12-31(48)35-42-21-28(45-35)24-13-15-26(16-14-24)33-40-19-27(20-41-33)29-22-43-34(46-29)30-11-7-17-47(30)36(49)23(2)44-38(51)52/h9,13-16,19-23,30-32,39,44H,3-8,10-12,17-18H2,1-2H3,(H,42,45)(H,43,46)(H,51,52)/t23-,30-,31-,32+/m0/s1. The minimum absolute atomic E-state index is 0.0758. The summed E-state index contributed by atoms with van der Waals surface area (Å²) in [5.74, 6) is 1.91.